The van der Waals surface area contributed by atoms with Crippen molar-refractivity contribution in [3.63, 3.8) is 0 Å². The molecule has 1 fully saturated rings. The summed E-state index contributed by atoms with van der Waals surface area (Å²) in [6, 6.07) is 4.38. The highest BCUT2D eigenvalue weighted by molar-refractivity contribution is 7.22. The zero-order valence-electron chi connectivity index (χ0n) is 15.6. The fraction of sp³-hybridized carbons (Fsp3) is 0.421. The van der Waals surface area contributed by atoms with E-state index in [1.54, 1.807) is 16.0 Å². The number of anilines is 1. The largest absolute Gasteiger partial charge is 0.345 e. The first-order valence-electron chi connectivity index (χ1n) is 8.84. The fourth-order valence-corrected chi connectivity index (χ4v) is 4.76. The molecule has 1 aromatic carbocycles. The molecule has 0 unspecified atom stereocenters. The van der Waals surface area contributed by atoms with Crippen LogP contribution in [0.5, 0.6) is 0 Å². The van der Waals surface area contributed by atoms with E-state index in [2.05, 4.69) is 36.0 Å². The second-order valence-corrected chi connectivity index (χ2v) is 8.05. The molecule has 3 aromatic rings. The Morgan fingerprint density at radius 1 is 1.08 bits per heavy atom. The predicted octanol–water partition coefficient (Wildman–Crippen LogP) is 2.92. The number of carbonyl (C=O) groups excluding carboxylic acids is 1. The molecule has 136 valence electrons. The highest BCUT2D eigenvalue weighted by atomic mass is 32.1. The molecule has 1 saturated heterocycles. The van der Waals surface area contributed by atoms with E-state index in [-0.39, 0.29) is 5.91 Å². The van der Waals surface area contributed by atoms with Crippen LogP contribution >= 0.6 is 11.3 Å². The molecule has 1 amide bonds. The third-order valence-corrected chi connectivity index (χ3v) is 5.93. The Hall–Kier alpha value is -2.41. The summed E-state index contributed by atoms with van der Waals surface area (Å²) >= 11 is 1.74. The number of carbonyl (C=O) groups is 1. The Morgan fingerprint density at radius 2 is 1.81 bits per heavy atom. The van der Waals surface area contributed by atoms with E-state index >= 15 is 0 Å². The molecule has 2 aromatic heterocycles. The van der Waals surface area contributed by atoms with Crippen molar-refractivity contribution in [3.8, 4) is 0 Å². The lowest BCUT2D eigenvalue weighted by Crippen LogP contribution is -2.49. The van der Waals surface area contributed by atoms with Crippen molar-refractivity contribution in [3.05, 3.63) is 40.7 Å². The van der Waals surface area contributed by atoms with Gasteiger partial charge in [-0.3, -0.25) is 9.48 Å². The molecule has 0 radical (unpaired) electrons. The van der Waals surface area contributed by atoms with Gasteiger partial charge in [0.1, 0.15) is 0 Å². The van der Waals surface area contributed by atoms with Gasteiger partial charge in [-0.25, -0.2) is 4.98 Å². The second kappa shape index (κ2) is 6.39. The van der Waals surface area contributed by atoms with Gasteiger partial charge in [-0.1, -0.05) is 17.4 Å². The lowest BCUT2D eigenvalue weighted by molar-refractivity contribution is 0.0739. The Bertz CT molecular complexity index is 981. The van der Waals surface area contributed by atoms with Crippen molar-refractivity contribution >= 4 is 32.6 Å². The zero-order chi connectivity index (χ0) is 18.4. The minimum Gasteiger partial charge on any atom is -0.345 e. The summed E-state index contributed by atoms with van der Waals surface area (Å²) in [5.41, 5.74) is 5.08. The van der Waals surface area contributed by atoms with Gasteiger partial charge in [0.2, 0.25) is 0 Å². The standard InChI is InChI=1S/C19H23N5OS/c1-12-9-13(2)16-15(10-12)26-19(20-16)24-7-5-23(6-8-24)18(25)17-14(3)11-22(4)21-17/h9-11H,5-8H2,1-4H3. The molecule has 0 atom stereocenters. The molecule has 0 N–H and O–H groups in total. The minimum absolute atomic E-state index is 0.0264. The summed E-state index contributed by atoms with van der Waals surface area (Å²) in [6.07, 6.45) is 1.88. The van der Waals surface area contributed by atoms with Gasteiger partial charge >= 0.3 is 0 Å². The topological polar surface area (TPSA) is 54.3 Å². The molecule has 3 heterocycles. The Kier molecular flexibility index (Phi) is 4.19. The van der Waals surface area contributed by atoms with Crippen LogP contribution in [0.1, 0.15) is 27.2 Å². The van der Waals surface area contributed by atoms with Crippen molar-refractivity contribution in [2.45, 2.75) is 20.8 Å². The van der Waals surface area contributed by atoms with Gasteiger partial charge in [0.15, 0.2) is 10.8 Å². The van der Waals surface area contributed by atoms with Gasteiger partial charge in [-0.05, 0) is 38.0 Å². The summed E-state index contributed by atoms with van der Waals surface area (Å²) < 4.78 is 2.93. The molecule has 1 aliphatic heterocycles. The van der Waals surface area contributed by atoms with E-state index < -0.39 is 0 Å². The predicted molar refractivity (Wildman–Crippen MR) is 105 cm³/mol. The van der Waals surface area contributed by atoms with Crippen molar-refractivity contribution in [2.24, 2.45) is 7.05 Å². The number of hydrogen-bond acceptors (Lipinski definition) is 5. The molecule has 6 nitrogen and oxygen atoms in total. The van der Waals surface area contributed by atoms with E-state index in [1.165, 1.54) is 15.8 Å². The van der Waals surface area contributed by atoms with Crippen LogP contribution in [0.4, 0.5) is 5.13 Å². The van der Waals surface area contributed by atoms with Crippen LogP contribution in [-0.4, -0.2) is 51.8 Å². The van der Waals surface area contributed by atoms with Crippen LogP contribution in [0, 0.1) is 20.8 Å². The number of rotatable bonds is 2. The number of thiazole rings is 1. The average molecular weight is 369 g/mol. The summed E-state index contributed by atoms with van der Waals surface area (Å²) in [7, 11) is 1.85. The maximum Gasteiger partial charge on any atom is 0.274 e. The number of aromatic nitrogens is 3. The van der Waals surface area contributed by atoms with Crippen LogP contribution < -0.4 is 4.90 Å². The Balaban J connectivity index is 1.49. The van der Waals surface area contributed by atoms with Crippen LogP contribution in [0.25, 0.3) is 10.2 Å². The van der Waals surface area contributed by atoms with Crippen molar-refractivity contribution in [1.82, 2.24) is 19.7 Å². The highest BCUT2D eigenvalue weighted by Gasteiger charge is 2.26. The normalized spacial score (nSPS) is 15.1. The van der Waals surface area contributed by atoms with E-state index in [0.717, 1.165) is 29.3 Å². The highest BCUT2D eigenvalue weighted by Crippen LogP contribution is 2.32. The summed E-state index contributed by atoms with van der Waals surface area (Å²) in [6.45, 7) is 9.17. The van der Waals surface area contributed by atoms with Gasteiger partial charge in [-0.2, -0.15) is 5.10 Å². The average Bonchev–Trinajstić information content (AvgIpc) is 3.17. The van der Waals surface area contributed by atoms with Gasteiger partial charge in [0.05, 0.1) is 10.2 Å². The van der Waals surface area contributed by atoms with Crippen LogP contribution in [0.15, 0.2) is 18.3 Å². The number of amides is 1. The molecule has 7 heteroatoms. The SMILES string of the molecule is Cc1cc(C)c2nc(N3CCN(C(=O)c4nn(C)cc4C)CC3)sc2c1. The Labute approximate surface area is 157 Å². The van der Waals surface area contributed by atoms with Gasteiger partial charge in [0, 0.05) is 45.0 Å². The number of nitrogens with zero attached hydrogens (tertiary/aromatic N) is 5. The van der Waals surface area contributed by atoms with Crippen molar-refractivity contribution < 1.29 is 4.79 Å². The molecular weight excluding hydrogens is 346 g/mol. The number of fused-ring (bicyclic) bond motifs is 1. The first-order chi connectivity index (χ1) is 12.4. The maximum atomic E-state index is 12.7. The van der Waals surface area contributed by atoms with E-state index in [0.29, 0.717) is 18.8 Å². The molecule has 1 aliphatic rings. The monoisotopic (exact) mass is 369 g/mol. The molecular formula is C19H23N5OS. The van der Waals surface area contributed by atoms with Crippen LogP contribution in [0.3, 0.4) is 0 Å². The van der Waals surface area contributed by atoms with Gasteiger partial charge < -0.3 is 9.80 Å². The molecule has 4 rings (SSSR count). The Morgan fingerprint density at radius 3 is 2.46 bits per heavy atom. The van der Waals surface area contributed by atoms with Gasteiger partial charge in [0.25, 0.3) is 5.91 Å². The quantitative estimate of drug-likeness (QED) is 0.697. The van der Waals surface area contributed by atoms with E-state index in [9.17, 15) is 4.79 Å². The van der Waals surface area contributed by atoms with Gasteiger partial charge in [-0.15, -0.1) is 0 Å². The van der Waals surface area contributed by atoms with Crippen LogP contribution in [0.2, 0.25) is 0 Å². The van der Waals surface area contributed by atoms with E-state index in [1.807, 2.05) is 25.1 Å². The molecule has 0 saturated carbocycles. The minimum atomic E-state index is 0.0264. The van der Waals surface area contributed by atoms with Crippen molar-refractivity contribution in [2.75, 3.05) is 31.1 Å². The van der Waals surface area contributed by atoms with E-state index in [4.69, 9.17) is 4.98 Å². The first kappa shape index (κ1) is 17.0. The number of piperazine rings is 1. The lowest BCUT2D eigenvalue weighted by atomic mass is 10.1. The third kappa shape index (κ3) is 2.96. The molecule has 0 aliphatic carbocycles. The third-order valence-electron chi connectivity index (χ3n) is 4.87. The summed E-state index contributed by atoms with van der Waals surface area (Å²) in [5, 5.41) is 5.36. The van der Waals surface area contributed by atoms with Crippen molar-refractivity contribution in [1.29, 1.82) is 0 Å². The lowest BCUT2D eigenvalue weighted by Gasteiger charge is -2.34. The maximum absolute atomic E-state index is 12.7. The number of hydrogen-bond donors (Lipinski definition) is 0. The fourth-order valence-electron chi connectivity index (χ4n) is 3.56. The first-order valence-corrected chi connectivity index (χ1v) is 9.66. The number of benzene rings is 1. The smallest absolute Gasteiger partial charge is 0.274 e. The summed E-state index contributed by atoms with van der Waals surface area (Å²) in [5.74, 6) is 0.0264. The summed E-state index contributed by atoms with van der Waals surface area (Å²) in [4.78, 5) is 21.8. The molecule has 0 bridgehead atoms. The van der Waals surface area contributed by atoms with Crippen LogP contribution in [-0.2, 0) is 7.05 Å². The second-order valence-electron chi connectivity index (χ2n) is 7.04. The molecule has 26 heavy (non-hydrogen) atoms. The number of aryl methyl sites for hydroxylation is 4. The zero-order valence-corrected chi connectivity index (χ0v) is 16.4. The molecule has 0 spiro atoms.